The first kappa shape index (κ1) is 10.9. The number of aryl methyl sites for hydroxylation is 1. The predicted molar refractivity (Wildman–Crippen MR) is 58.6 cm³/mol. The topological polar surface area (TPSA) is 71.4 Å². The fourth-order valence-electron chi connectivity index (χ4n) is 1.76. The highest BCUT2D eigenvalue weighted by Gasteiger charge is 2.27. The SMILES string of the molecule is Cc1ccc2c(c1)C(CC(=O)O)=CS2(=O)=O. The average Bonchev–Trinajstić information content (AvgIpc) is 2.37. The third-order valence-electron chi connectivity index (χ3n) is 2.43. The van der Waals surface area contributed by atoms with Crippen molar-refractivity contribution in [2.24, 2.45) is 0 Å². The van der Waals surface area contributed by atoms with Crippen molar-refractivity contribution in [2.75, 3.05) is 0 Å². The third-order valence-corrected chi connectivity index (χ3v) is 3.99. The highest BCUT2D eigenvalue weighted by Crippen LogP contribution is 2.35. The Bertz CT molecular complexity index is 596. The van der Waals surface area contributed by atoms with Crippen LogP contribution in [-0.2, 0) is 14.6 Å². The van der Waals surface area contributed by atoms with E-state index in [1.807, 2.05) is 6.92 Å². The highest BCUT2D eigenvalue weighted by atomic mass is 32.2. The summed E-state index contributed by atoms with van der Waals surface area (Å²) in [4.78, 5) is 10.8. The number of carboxylic acids is 1. The van der Waals surface area contributed by atoms with Crippen LogP contribution >= 0.6 is 0 Å². The number of fused-ring (bicyclic) bond motifs is 1. The fourth-order valence-corrected chi connectivity index (χ4v) is 3.22. The standard InChI is InChI=1S/C11H10O4S/c1-7-2-3-10-9(4-7)8(5-11(12)13)6-16(10,14)15/h2-4,6H,5H2,1H3,(H,12,13). The minimum Gasteiger partial charge on any atom is -0.481 e. The largest absolute Gasteiger partial charge is 0.481 e. The van der Waals surface area contributed by atoms with E-state index >= 15 is 0 Å². The number of aliphatic carboxylic acids is 1. The molecule has 0 bridgehead atoms. The van der Waals surface area contributed by atoms with Gasteiger partial charge in [0, 0.05) is 5.41 Å². The number of carboxylic acid groups (broad SMARTS) is 1. The van der Waals surface area contributed by atoms with Gasteiger partial charge in [0.1, 0.15) is 0 Å². The van der Waals surface area contributed by atoms with Gasteiger partial charge in [0.05, 0.1) is 11.3 Å². The molecule has 1 heterocycles. The van der Waals surface area contributed by atoms with E-state index in [9.17, 15) is 13.2 Å². The molecule has 1 aliphatic rings. The van der Waals surface area contributed by atoms with Gasteiger partial charge in [-0.15, -0.1) is 0 Å². The van der Waals surface area contributed by atoms with Gasteiger partial charge in [-0.05, 0) is 24.1 Å². The second-order valence-electron chi connectivity index (χ2n) is 3.76. The first-order chi connectivity index (χ1) is 7.40. The zero-order valence-electron chi connectivity index (χ0n) is 8.60. The van der Waals surface area contributed by atoms with E-state index in [1.165, 1.54) is 6.07 Å². The summed E-state index contributed by atoms with van der Waals surface area (Å²) >= 11 is 0. The molecule has 84 valence electrons. The van der Waals surface area contributed by atoms with Gasteiger partial charge in [-0.1, -0.05) is 17.7 Å². The lowest BCUT2D eigenvalue weighted by Crippen LogP contribution is -1.96. The lowest BCUT2D eigenvalue weighted by molar-refractivity contribution is -0.135. The Morgan fingerprint density at radius 2 is 2.06 bits per heavy atom. The number of carbonyl (C=O) groups is 1. The number of benzene rings is 1. The van der Waals surface area contributed by atoms with E-state index in [0.29, 0.717) is 11.1 Å². The Morgan fingerprint density at radius 1 is 1.38 bits per heavy atom. The van der Waals surface area contributed by atoms with Crippen LogP contribution in [0.25, 0.3) is 5.57 Å². The molecule has 0 aliphatic carbocycles. The Hall–Kier alpha value is -1.62. The molecule has 0 atom stereocenters. The zero-order chi connectivity index (χ0) is 11.9. The number of hydrogen-bond acceptors (Lipinski definition) is 3. The van der Waals surface area contributed by atoms with Gasteiger partial charge in [-0.3, -0.25) is 4.79 Å². The minimum absolute atomic E-state index is 0.203. The van der Waals surface area contributed by atoms with Crippen molar-refractivity contribution >= 4 is 21.4 Å². The van der Waals surface area contributed by atoms with E-state index in [4.69, 9.17) is 5.11 Å². The molecule has 1 N–H and O–H groups in total. The summed E-state index contributed by atoms with van der Waals surface area (Å²) in [6.07, 6.45) is -0.268. The Morgan fingerprint density at radius 3 is 2.69 bits per heavy atom. The molecule has 16 heavy (non-hydrogen) atoms. The van der Waals surface area contributed by atoms with Crippen LogP contribution < -0.4 is 0 Å². The van der Waals surface area contributed by atoms with Crippen molar-refractivity contribution in [3.8, 4) is 0 Å². The molecular weight excluding hydrogens is 228 g/mol. The van der Waals surface area contributed by atoms with Gasteiger partial charge < -0.3 is 5.11 Å². The maximum atomic E-state index is 11.7. The van der Waals surface area contributed by atoms with E-state index in [2.05, 4.69) is 0 Å². The van der Waals surface area contributed by atoms with Crippen LogP contribution in [0.2, 0.25) is 0 Å². The van der Waals surface area contributed by atoms with E-state index < -0.39 is 15.8 Å². The zero-order valence-corrected chi connectivity index (χ0v) is 9.41. The smallest absolute Gasteiger partial charge is 0.307 e. The minimum atomic E-state index is -3.44. The third kappa shape index (κ3) is 1.74. The van der Waals surface area contributed by atoms with E-state index in [1.54, 1.807) is 12.1 Å². The molecule has 0 amide bonds. The van der Waals surface area contributed by atoms with Crippen molar-refractivity contribution < 1.29 is 18.3 Å². The Labute approximate surface area is 93.1 Å². The van der Waals surface area contributed by atoms with Crippen LogP contribution in [0.1, 0.15) is 17.5 Å². The second-order valence-corrected chi connectivity index (χ2v) is 5.52. The summed E-state index contributed by atoms with van der Waals surface area (Å²) in [5.41, 5.74) is 1.78. The normalized spacial score (nSPS) is 16.7. The molecule has 1 aromatic carbocycles. The van der Waals surface area contributed by atoms with Gasteiger partial charge in [0.25, 0.3) is 0 Å². The van der Waals surface area contributed by atoms with Gasteiger partial charge in [0.15, 0.2) is 0 Å². The number of hydrogen-bond donors (Lipinski definition) is 1. The van der Waals surface area contributed by atoms with Crippen LogP contribution in [-0.4, -0.2) is 19.5 Å². The van der Waals surface area contributed by atoms with Crippen LogP contribution in [0, 0.1) is 6.92 Å². The Kier molecular flexibility index (Phi) is 2.35. The highest BCUT2D eigenvalue weighted by molar-refractivity contribution is 7.95. The molecule has 0 unspecified atom stereocenters. The Balaban J connectivity index is 2.61. The van der Waals surface area contributed by atoms with Gasteiger partial charge in [-0.2, -0.15) is 0 Å². The molecule has 0 saturated carbocycles. The molecule has 1 aliphatic heterocycles. The average molecular weight is 238 g/mol. The fraction of sp³-hybridized carbons (Fsp3) is 0.182. The van der Waals surface area contributed by atoms with Gasteiger partial charge in [-0.25, -0.2) is 8.42 Å². The van der Waals surface area contributed by atoms with Crippen molar-refractivity contribution in [3.05, 3.63) is 34.7 Å². The molecule has 0 aromatic heterocycles. The first-order valence-electron chi connectivity index (χ1n) is 4.68. The molecule has 2 rings (SSSR count). The summed E-state index contributed by atoms with van der Waals surface area (Å²) in [5, 5.41) is 9.75. The molecule has 1 aromatic rings. The molecule has 4 nitrogen and oxygen atoms in total. The van der Waals surface area contributed by atoms with Crippen LogP contribution in [0.4, 0.5) is 0 Å². The molecular formula is C11H10O4S. The van der Waals surface area contributed by atoms with Crippen LogP contribution in [0.15, 0.2) is 28.5 Å². The van der Waals surface area contributed by atoms with Gasteiger partial charge in [0.2, 0.25) is 9.84 Å². The maximum absolute atomic E-state index is 11.7. The van der Waals surface area contributed by atoms with Gasteiger partial charge >= 0.3 is 5.97 Å². The van der Waals surface area contributed by atoms with Crippen molar-refractivity contribution in [3.63, 3.8) is 0 Å². The lowest BCUT2D eigenvalue weighted by Gasteiger charge is -2.03. The lowest BCUT2D eigenvalue weighted by atomic mass is 10.0. The van der Waals surface area contributed by atoms with E-state index in [0.717, 1.165) is 11.0 Å². The summed E-state index contributed by atoms with van der Waals surface area (Å²) in [6.45, 7) is 1.84. The summed E-state index contributed by atoms with van der Waals surface area (Å²) in [7, 11) is -3.44. The van der Waals surface area contributed by atoms with Crippen molar-refractivity contribution in [2.45, 2.75) is 18.2 Å². The molecule has 0 spiro atoms. The monoisotopic (exact) mass is 238 g/mol. The molecule has 0 saturated heterocycles. The molecule has 5 heteroatoms. The quantitative estimate of drug-likeness (QED) is 0.849. The second kappa shape index (κ2) is 3.45. The maximum Gasteiger partial charge on any atom is 0.307 e. The number of rotatable bonds is 2. The summed E-state index contributed by atoms with van der Waals surface area (Å²) in [5.74, 6) is -1.03. The van der Waals surface area contributed by atoms with Crippen LogP contribution in [0.3, 0.4) is 0 Å². The van der Waals surface area contributed by atoms with E-state index in [-0.39, 0.29) is 11.3 Å². The first-order valence-corrected chi connectivity index (χ1v) is 6.23. The molecule has 0 radical (unpaired) electrons. The summed E-state index contributed by atoms with van der Waals surface area (Å²) in [6, 6.07) is 4.92. The van der Waals surface area contributed by atoms with Crippen molar-refractivity contribution in [1.82, 2.24) is 0 Å². The molecule has 0 fully saturated rings. The van der Waals surface area contributed by atoms with Crippen molar-refractivity contribution in [1.29, 1.82) is 0 Å². The number of sulfone groups is 1. The van der Waals surface area contributed by atoms with Crippen LogP contribution in [0.5, 0.6) is 0 Å². The predicted octanol–water partition coefficient (Wildman–Crippen LogP) is 1.60. The summed E-state index contributed by atoms with van der Waals surface area (Å²) < 4.78 is 23.4.